The van der Waals surface area contributed by atoms with Gasteiger partial charge in [-0.25, -0.2) is 9.37 Å². The first kappa shape index (κ1) is 20.6. The van der Waals surface area contributed by atoms with Crippen LogP contribution in [0.4, 0.5) is 4.39 Å². The van der Waals surface area contributed by atoms with Gasteiger partial charge in [0.25, 0.3) is 0 Å². The van der Waals surface area contributed by atoms with Crippen LogP contribution in [-0.4, -0.2) is 29.5 Å². The number of halogens is 3. The van der Waals surface area contributed by atoms with E-state index in [0.29, 0.717) is 41.9 Å². The second kappa shape index (κ2) is 8.82. The number of benzene rings is 2. The molecule has 0 unspecified atom stereocenters. The number of oxazole rings is 1. The molecule has 2 heterocycles. The number of hydrogen-bond acceptors (Lipinski definition) is 4. The Labute approximate surface area is 164 Å². The lowest BCUT2D eigenvalue weighted by Crippen LogP contribution is -2.23. The summed E-state index contributed by atoms with van der Waals surface area (Å²) in [4.78, 5) is 6.78. The van der Waals surface area contributed by atoms with Crippen LogP contribution in [0.5, 0.6) is 0 Å². The maximum Gasteiger partial charge on any atom is 0.209 e. The zero-order chi connectivity index (χ0) is 16.5. The maximum absolute atomic E-state index is 13.3. The molecule has 1 fully saturated rings. The first-order valence-corrected chi connectivity index (χ1v) is 8.25. The topological polar surface area (TPSA) is 55.3 Å². The Bertz CT molecular complexity index is 843. The molecule has 0 amide bonds. The highest BCUT2D eigenvalue weighted by Gasteiger charge is 2.33. The van der Waals surface area contributed by atoms with Gasteiger partial charge in [-0.15, -0.1) is 24.8 Å². The van der Waals surface area contributed by atoms with Crippen molar-refractivity contribution < 1.29 is 8.81 Å². The van der Waals surface area contributed by atoms with Crippen molar-refractivity contribution in [3.05, 3.63) is 65.8 Å². The van der Waals surface area contributed by atoms with Crippen molar-refractivity contribution in [1.29, 1.82) is 0 Å². The van der Waals surface area contributed by atoms with Gasteiger partial charge >= 0.3 is 0 Å². The Hall–Kier alpha value is -1.66. The fourth-order valence-corrected chi connectivity index (χ4v) is 3.61. The van der Waals surface area contributed by atoms with Gasteiger partial charge in [0, 0.05) is 25.1 Å². The molecule has 140 valence electrons. The molecule has 0 radical (unpaired) electrons. The van der Waals surface area contributed by atoms with Crippen LogP contribution in [0.3, 0.4) is 0 Å². The summed E-state index contributed by atoms with van der Waals surface area (Å²) in [5, 5.41) is 0. The van der Waals surface area contributed by atoms with Crippen molar-refractivity contribution in [1.82, 2.24) is 9.88 Å². The van der Waals surface area contributed by atoms with E-state index in [1.165, 1.54) is 17.7 Å². The number of likely N-dealkylation sites (tertiary alicyclic amines) is 1. The minimum atomic E-state index is -0.307. The lowest BCUT2D eigenvalue weighted by Gasteiger charge is -2.16. The molecule has 3 aromatic rings. The summed E-state index contributed by atoms with van der Waals surface area (Å²) in [6.45, 7) is 3.13. The van der Waals surface area contributed by atoms with Crippen molar-refractivity contribution in [2.24, 2.45) is 11.7 Å². The molecule has 0 aliphatic carbocycles. The highest BCUT2D eigenvalue weighted by molar-refractivity contribution is 5.85. The lowest BCUT2D eigenvalue weighted by molar-refractivity contribution is 0.284. The van der Waals surface area contributed by atoms with Gasteiger partial charge in [0.15, 0.2) is 5.58 Å². The minimum absolute atomic E-state index is 0. The molecule has 4 rings (SSSR count). The number of aromatic nitrogens is 1. The molecule has 26 heavy (non-hydrogen) atoms. The van der Waals surface area contributed by atoms with Crippen LogP contribution in [0.1, 0.15) is 17.4 Å². The summed E-state index contributed by atoms with van der Waals surface area (Å²) in [5.41, 5.74) is 8.51. The Kier molecular flexibility index (Phi) is 7.01. The average molecular weight is 398 g/mol. The van der Waals surface area contributed by atoms with E-state index in [-0.39, 0.29) is 30.6 Å². The molecule has 0 saturated carbocycles. The molecule has 1 saturated heterocycles. The van der Waals surface area contributed by atoms with Gasteiger partial charge in [-0.05, 0) is 30.2 Å². The van der Waals surface area contributed by atoms with Crippen LogP contribution in [0.25, 0.3) is 11.1 Å². The third-order valence-corrected chi connectivity index (χ3v) is 4.80. The average Bonchev–Trinajstić information content (AvgIpc) is 3.18. The standard InChI is InChI=1S/C19H20FN3O.2ClH/c20-15-6-7-17-18(8-15)24-19(22-17)12-23-10-14(9-21)16(11-23)13-4-2-1-3-5-13;;/h1-8,14,16H,9-12,21H2;2*1H/t14-,16+;;/m1../s1. The van der Waals surface area contributed by atoms with E-state index in [2.05, 4.69) is 34.1 Å². The molecule has 1 aliphatic rings. The number of rotatable bonds is 4. The lowest BCUT2D eigenvalue weighted by atomic mass is 9.89. The molecule has 1 aromatic heterocycles. The number of hydrogen-bond donors (Lipinski definition) is 1. The highest BCUT2D eigenvalue weighted by atomic mass is 35.5. The molecule has 2 atom stereocenters. The van der Waals surface area contributed by atoms with Gasteiger partial charge < -0.3 is 10.2 Å². The van der Waals surface area contributed by atoms with Crippen LogP contribution in [0.2, 0.25) is 0 Å². The second-order valence-corrected chi connectivity index (χ2v) is 6.43. The van der Waals surface area contributed by atoms with E-state index < -0.39 is 0 Å². The normalized spacial score (nSPS) is 19.9. The monoisotopic (exact) mass is 397 g/mol. The third kappa shape index (κ3) is 4.18. The molecule has 7 heteroatoms. The predicted molar refractivity (Wildman–Crippen MR) is 105 cm³/mol. The molecular formula is C19H22Cl2FN3O. The third-order valence-electron chi connectivity index (χ3n) is 4.80. The number of nitrogens with zero attached hydrogens (tertiary/aromatic N) is 2. The fraction of sp³-hybridized carbons (Fsp3) is 0.316. The van der Waals surface area contributed by atoms with Crippen molar-refractivity contribution in [2.45, 2.75) is 12.5 Å². The first-order valence-electron chi connectivity index (χ1n) is 8.25. The quantitative estimate of drug-likeness (QED) is 0.722. The van der Waals surface area contributed by atoms with E-state index in [9.17, 15) is 4.39 Å². The minimum Gasteiger partial charge on any atom is -0.439 e. The molecule has 0 spiro atoms. The van der Waals surface area contributed by atoms with Crippen LogP contribution in [-0.2, 0) is 6.54 Å². The van der Waals surface area contributed by atoms with Gasteiger partial charge in [0.1, 0.15) is 11.3 Å². The Morgan fingerprint density at radius 3 is 2.62 bits per heavy atom. The van der Waals surface area contributed by atoms with Crippen molar-refractivity contribution in [3.63, 3.8) is 0 Å². The second-order valence-electron chi connectivity index (χ2n) is 6.43. The zero-order valence-electron chi connectivity index (χ0n) is 14.2. The summed E-state index contributed by atoms with van der Waals surface area (Å²) < 4.78 is 19.0. The molecule has 1 aliphatic heterocycles. The van der Waals surface area contributed by atoms with Crippen LogP contribution >= 0.6 is 24.8 Å². The van der Waals surface area contributed by atoms with Crippen molar-refractivity contribution >= 4 is 35.9 Å². The Balaban J connectivity index is 0.00000121. The van der Waals surface area contributed by atoms with Crippen LogP contribution in [0.15, 0.2) is 52.9 Å². The smallest absolute Gasteiger partial charge is 0.209 e. The Morgan fingerprint density at radius 1 is 1.12 bits per heavy atom. The van der Waals surface area contributed by atoms with Gasteiger partial charge in [0.05, 0.1) is 6.54 Å². The highest BCUT2D eigenvalue weighted by Crippen LogP contribution is 2.33. The molecule has 2 N–H and O–H groups in total. The van der Waals surface area contributed by atoms with Gasteiger partial charge in [-0.1, -0.05) is 30.3 Å². The van der Waals surface area contributed by atoms with Crippen molar-refractivity contribution in [3.8, 4) is 0 Å². The molecule has 0 bridgehead atoms. The summed E-state index contributed by atoms with van der Waals surface area (Å²) in [6.07, 6.45) is 0. The van der Waals surface area contributed by atoms with E-state index in [0.717, 1.165) is 13.1 Å². The van der Waals surface area contributed by atoms with Crippen LogP contribution in [0, 0.1) is 11.7 Å². The molecule has 2 aromatic carbocycles. The predicted octanol–water partition coefficient (Wildman–Crippen LogP) is 3.98. The summed E-state index contributed by atoms with van der Waals surface area (Å²) in [7, 11) is 0. The molecule has 4 nitrogen and oxygen atoms in total. The van der Waals surface area contributed by atoms with Gasteiger partial charge in [-0.3, -0.25) is 4.90 Å². The van der Waals surface area contributed by atoms with E-state index in [1.807, 2.05) is 6.07 Å². The van der Waals surface area contributed by atoms with Crippen molar-refractivity contribution in [2.75, 3.05) is 19.6 Å². The van der Waals surface area contributed by atoms with E-state index in [1.54, 1.807) is 6.07 Å². The molecular weight excluding hydrogens is 376 g/mol. The van der Waals surface area contributed by atoms with E-state index >= 15 is 0 Å². The summed E-state index contributed by atoms with van der Waals surface area (Å²) in [6, 6.07) is 14.9. The van der Waals surface area contributed by atoms with Crippen LogP contribution < -0.4 is 5.73 Å². The van der Waals surface area contributed by atoms with Gasteiger partial charge in [-0.2, -0.15) is 0 Å². The SMILES string of the molecule is Cl.Cl.NC[C@@H]1CN(Cc2nc3ccc(F)cc3o2)C[C@H]1c1ccccc1. The number of nitrogens with two attached hydrogens (primary N) is 1. The summed E-state index contributed by atoms with van der Waals surface area (Å²) >= 11 is 0. The summed E-state index contributed by atoms with van der Waals surface area (Å²) in [5.74, 6) is 1.17. The first-order chi connectivity index (χ1) is 11.7. The largest absolute Gasteiger partial charge is 0.439 e. The zero-order valence-corrected chi connectivity index (χ0v) is 15.8. The Morgan fingerprint density at radius 2 is 1.88 bits per heavy atom. The number of fused-ring (bicyclic) bond motifs is 1. The van der Waals surface area contributed by atoms with E-state index in [4.69, 9.17) is 10.2 Å². The fourth-order valence-electron chi connectivity index (χ4n) is 3.61. The maximum atomic E-state index is 13.3. The van der Waals surface area contributed by atoms with Gasteiger partial charge in [0.2, 0.25) is 5.89 Å².